The maximum atomic E-state index is 11.8. The molecule has 1 saturated heterocycles. The first kappa shape index (κ1) is 33.4. The monoisotopic (exact) mass is 637 g/mol. The molecule has 0 radical (unpaired) electrons. The molecule has 9 nitrogen and oxygen atoms in total. The smallest absolute Gasteiger partial charge is 0.240 e. The molecule has 6 atom stereocenters. The predicted octanol–water partition coefficient (Wildman–Crippen LogP) is 3.71. The number of benzene rings is 3. The molecule has 0 aromatic heterocycles. The third-order valence-corrected chi connectivity index (χ3v) is 11.3. The minimum absolute atomic E-state index is 0.169. The lowest BCUT2D eigenvalue weighted by molar-refractivity contribution is -0.460. The Morgan fingerprint density at radius 1 is 0.822 bits per heavy atom. The maximum Gasteiger partial charge on any atom is 0.240 e. The second kappa shape index (κ2) is 13.8. The van der Waals surface area contributed by atoms with E-state index in [1.807, 2.05) is 54.6 Å². The number of ether oxygens (including phenoxy) is 6. The van der Waals surface area contributed by atoms with E-state index in [1.165, 1.54) is 0 Å². The van der Waals surface area contributed by atoms with E-state index in [2.05, 4.69) is 50.4 Å². The van der Waals surface area contributed by atoms with Crippen molar-refractivity contribution in [2.75, 3.05) is 39.3 Å². The van der Waals surface area contributed by atoms with Gasteiger partial charge in [-0.1, -0.05) is 81.4 Å². The van der Waals surface area contributed by atoms with Crippen molar-refractivity contribution in [2.45, 2.75) is 70.6 Å². The van der Waals surface area contributed by atoms with E-state index in [0.29, 0.717) is 24.7 Å². The Kier molecular flexibility index (Phi) is 10.2. The van der Waals surface area contributed by atoms with E-state index in [4.69, 9.17) is 32.8 Å². The van der Waals surface area contributed by atoms with Gasteiger partial charge in [-0.05, 0) is 41.8 Å². The molecule has 1 unspecified atom stereocenters. The van der Waals surface area contributed by atoms with Crippen molar-refractivity contribution >= 4 is 25.1 Å². The summed E-state index contributed by atoms with van der Waals surface area (Å²) in [6, 6.07) is 26.3. The first-order chi connectivity index (χ1) is 21.5. The highest BCUT2D eigenvalue weighted by molar-refractivity contribution is 6.80. The number of hydrogen-bond donors (Lipinski definition) is 2. The number of fused-ring (bicyclic) bond motifs is 1. The highest BCUT2D eigenvalue weighted by atomic mass is 28.3. The SMILES string of the molecule is CO[C@]1(C)O[C@@H]([C@H](O)CNc2ccc3c(c2)OCCO3)[C@@H](C(O[SiH](c2ccccc2)c2ccccc2)C(C)(C)C)O[C@@]1(C)OC. The van der Waals surface area contributed by atoms with Crippen molar-refractivity contribution in [3.05, 3.63) is 78.9 Å². The Morgan fingerprint density at radius 2 is 1.36 bits per heavy atom. The molecule has 2 aliphatic heterocycles. The van der Waals surface area contributed by atoms with Crippen LogP contribution in [0.4, 0.5) is 5.69 Å². The summed E-state index contributed by atoms with van der Waals surface area (Å²) < 4.78 is 44.0. The maximum absolute atomic E-state index is 11.8. The molecule has 0 spiro atoms. The molecule has 2 heterocycles. The number of anilines is 1. The zero-order valence-electron chi connectivity index (χ0n) is 27.3. The first-order valence-corrected chi connectivity index (χ1v) is 17.1. The zero-order valence-corrected chi connectivity index (χ0v) is 28.5. The second-order valence-electron chi connectivity index (χ2n) is 12.9. The summed E-state index contributed by atoms with van der Waals surface area (Å²) >= 11 is 0. The highest BCUT2D eigenvalue weighted by Gasteiger charge is 2.60. The van der Waals surface area contributed by atoms with Gasteiger partial charge in [-0.15, -0.1) is 0 Å². The normalized spacial score (nSPS) is 26.3. The van der Waals surface area contributed by atoms with Gasteiger partial charge in [0.05, 0.1) is 6.10 Å². The third kappa shape index (κ3) is 7.22. The molecular weight excluding hydrogens is 590 g/mol. The quantitative estimate of drug-likeness (QED) is 0.305. The summed E-state index contributed by atoms with van der Waals surface area (Å²) in [4.78, 5) is 0. The molecule has 10 heteroatoms. The molecule has 3 aromatic carbocycles. The lowest BCUT2D eigenvalue weighted by Gasteiger charge is -2.55. The number of aliphatic hydroxyl groups excluding tert-OH is 1. The van der Waals surface area contributed by atoms with Crippen molar-refractivity contribution in [1.29, 1.82) is 0 Å². The van der Waals surface area contributed by atoms with Gasteiger partial charge in [-0.25, -0.2) is 0 Å². The van der Waals surface area contributed by atoms with Gasteiger partial charge in [-0.3, -0.25) is 0 Å². The summed E-state index contributed by atoms with van der Waals surface area (Å²) in [5.41, 5.74) is 0.367. The van der Waals surface area contributed by atoms with Gasteiger partial charge < -0.3 is 43.3 Å². The minimum Gasteiger partial charge on any atom is -0.486 e. The Morgan fingerprint density at radius 3 is 1.89 bits per heavy atom. The Hall–Kier alpha value is -2.96. The number of aliphatic hydroxyl groups is 1. The molecule has 5 rings (SSSR count). The molecule has 244 valence electrons. The first-order valence-electron chi connectivity index (χ1n) is 15.5. The van der Waals surface area contributed by atoms with Gasteiger partial charge in [0.15, 0.2) is 11.5 Å². The van der Waals surface area contributed by atoms with Crippen LogP contribution in [0, 0.1) is 5.41 Å². The van der Waals surface area contributed by atoms with Crippen molar-refractivity contribution < 1.29 is 38.0 Å². The van der Waals surface area contributed by atoms with Crippen molar-refractivity contribution in [2.24, 2.45) is 5.41 Å². The fourth-order valence-corrected chi connectivity index (χ4v) is 8.58. The van der Waals surface area contributed by atoms with Gasteiger partial charge in [0.1, 0.15) is 31.5 Å². The Bertz CT molecular complexity index is 1350. The fraction of sp³-hybridized carbons (Fsp3) is 0.486. The topological polar surface area (TPSA) is 96.9 Å². The molecule has 45 heavy (non-hydrogen) atoms. The van der Waals surface area contributed by atoms with Crippen molar-refractivity contribution in [3.8, 4) is 11.5 Å². The Balaban J connectivity index is 1.48. The van der Waals surface area contributed by atoms with Crippen LogP contribution in [0.15, 0.2) is 78.9 Å². The molecule has 2 N–H and O–H groups in total. The predicted molar refractivity (Wildman–Crippen MR) is 176 cm³/mol. The van der Waals surface area contributed by atoms with Crippen molar-refractivity contribution in [3.63, 3.8) is 0 Å². The summed E-state index contributed by atoms with van der Waals surface area (Å²) in [5.74, 6) is -1.25. The van der Waals surface area contributed by atoms with E-state index in [9.17, 15) is 5.11 Å². The minimum atomic E-state index is -2.24. The summed E-state index contributed by atoms with van der Waals surface area (Å²) in [5, 5.41) is 17.5. The van der Waals surface area contributed by atoms with Crippen LogP contribution in [0.2, 0.25) is 0 Å². The van der Waals surface area contributed by atoms with Crippen LogP contribution in [-0.4, -0.2) is 84.1 Å². The van der Waals surface area contributed by atoms with Crippen LogP contribution < -0.4 is 25.2 Å². The van der Waals surface area contributed by atoms with E-state index >= 15 is 0 Å². The van der Waals surface area contributed by atoms with Gasteiger partial charge in [0.2, 0.25) is 20.6 Å². The van der Waals surface area contributed by atoms with Crippen LogP contribution in [-0.2, 0) is 23.4 Å². The average molecular weight is 638 g/mol. The summed E-state index contributed by atoms with van der Waals surface area (Å²) in [6.07, 6.45) is -3.08. The van der Waals surface area contributed by atoms with E-state index in [0.717, 1.165) is 16.1 Å². The standard InChI is InChI=1S/C35H47NO8Si/c1-33(2,3)32(44-45(25-14-10-8-11-15-25)26-16-12-9-13-17-26)31-30(42-34(4,38-6)35(5,39-7)43-31)27(37)23-36-24-18-19-28-29(22-24)41-21-20-40-28/h8-19,22,27,30-32,36-37,45H,20-21,23H2,1-7H3/t27-,30+,31+,32?,34-,35-/m1/s1. The van der Waals surface area contributed by atoms with Gasteiger partial charge >= 0.3 is 0 Å². The molecule has 0 aliphatic carbocycles. The molecule has 3 aromatic rings. The van der Waals surface area contributed by atoms with Crippen LogP contribution in [0.5, 0.6) is 11.5 Å². The van der Waals surface area contributed by atoms with Crippen LogP contribution in [0.25, 0.3) is 0 Å². The molecule has 0 saturated carbocycles. The largest absolute Gasteiger partial charge is 0.486 e. The molecule has 0 bridgehead atoms. The number of hydrogen-bond acceptors (Lipinski definition) is 9. The molecule has 0 amide bonds. The number of nitrogens with one attached hydrogen (secondary N) is 1. The number of methoxy groups -OCH3 is 2. The molecule has 2 aliphatic rings. The van der Waals surface area contributed by atoms with E-state index in [1.54, 1.807) is 28.1 Å². The molecule has 1 fully saturated rings. The summed E-state index contributed by atoms with van der Waals surface area (Å²) in [7, 11) is 0.873. The van der Waals surface area contributed by atoms with E-state index < -0.39 is 50.4 Å². The van der Waals surface area contributed by atoms with Crippen LogP contribution >= 0.6 is 0 Å². The zero-order chi connectivity index (χ0) is 32.2. The molecular formula is C35H47NO8Si. The summed E-state index contributed by atoms with van der Waals surface area (Å²) in [6.45, 7) is 11.1. The number of rotatable bonds is 11. The van der Waals surface area contributed by atoms with Gasteiger partial charge in [-0.2, -0.15) is 0 Å². The van der Waals surface area contributed by atoms with E-state index in [-0.39, 0.29) is 6.54 Å². The second-order valence-corrected chi connectivity index (χ2v) is 15.3. The lowest BCUT2D eigenvalue weighted by Crippen LogP contribution is -2.71. The Labute approximate surface area is 268 Å². The lowest BCUT2D eigenvalue weighted by atomic mass is 9.82. The van der Waals surface area contributed by atoms with Gasteiger partial charge in [0, 0.05) is 32.5 Å². The average Bonchev–Trinajstić information content (AvgIpc) is 3.05. The van der Waals surface area contributed by atoms with Crippen LogP contribution in [0.3, 0.4) is 0 Å². The van der Waals surface area contributed by atoms with Gasteiger partial charge in [0.25, 0.3) is 0 Å². The third-order valence-electron chi connectivity index (χ3n) is 8.73. The fourth-order valence-electron chi connectivity index (χ4n) is 5.88. The van der Waals surface area contributed by atoms with Crippen LogP contribution in [0.1, 0.15) is 34.6 Å². The van der Waals surface area contributed by atoms with Crippen molar-refractivity contribution in [1.82, 2.24) is 0 Å². The highest BCUT2D eigenvalue weighted by Crippen LogP contribution is 2.44.